The predicted octanol–water partition coefficient (Wildman–Crippen LogP) is 8.16. The highest BCUT2D eigenvalue weighted by Crippen LogP contribution is 2.37. The van der Waals surface area contributed by atoms with Gasteiger partial charge in [0.15, 0.2) is 16.6 Å². The Morgan fingerprint density at radius 1 is 1.09 bits per heavy atom. The Morgan fingerprint density at radius 3 is 2.26 bits per heavy atom. The number of thiazole rings is 1. The lowest BCUT2D eigenvalue weighted by atomic mass is 9.73. The molecule has 1 aliphatic rings. The summed E-state index contributed by atoms with van der Waals surface area (Å²) in [4.78, 5) is 44.5. The smallest absolute Gasteiger partial charge is 0.309 e. The zero-order valence-electron chi connectivity index (χ0n) is 28.5. The van der Waals surface area contributed by atoms with Crippen LogP contribution in [0.4, 0.5) is 0 Å². The fraction of sp³-hybridized carbons (Fsp3) is 0.697. The molecule has 2 rings (SSSR count). The second kappa shape index (κ2) is 15.5. The Morgan fingerprint density at radius 2 is 1.72 bits per heavy atom. The lowest BCUT2D eigenvalue weighted by Crippen LogP contribution is -2.51. The molecule has 1 aromatic rings. The average Bonchev–Trinajstić information content (AvgIpc) is 3.29. The first-order valence-electron chi connectivity index (χ1n) is 15.6. The Balaban J connectivity index is 2.58. The van der Waals surface area contributed by atoms with Crippen LogP contribution in [-0.2, 0) is 28.0 Å². The van der Waals surface area contributed by atoms with Crippen LogP contribution in [0, 0.1) is 24.2 Å². The van der Waals surface area contributed by atoms with Gasteiger partial charge in [-0.1, -0.05) is 33.8 Å². The molecular weight excluding hydrogens is 595 g/mol. The summed E-state index contributed by atoms with van der Waals surface area (Å²) < 4.78 is 19.4. The third-order valence-electron chi connectivity index (χ3n) is 7.91. The molecule has 0 aromatic carbocycles. The van der Waals surface area contributed by atoms with Gasteiger partial charge in [0.1, 0.15) is 18.2 Å². The number of carbonyl (C=O) groups is 3. The summed E-state index contributed by atoms with van der Waals surface area (Å²) in [5.41, 5.74) is 1.39. The van der Waals surface area contributed by atoms with Crippen molar-refractivity contribution in [1.82, 2.24) is 4.98 Å². The number of aldehydes is 1. The van der Waals surface area contributed by atoms with Crippen molar-refractivity contribution in [2.75, 3.05) is 0 Å². The zero-order chi connectivity index (χ0) is 32.8. The van der Waals surface area contributed by atoms with Gasteiger partial charge in [0, 0.05) is 23.1 Å². The van der Waals surface area contributed by atoms with Gasteiger partial charge in [-0.15, -0.1) is 11.3 Å². The van der Waals surface area contributed by atoms with E-state index in [1.165, 1.54) is 0 Å². The van der Waals surface area contributed by atoms with Crippen molar-refractivity contribution in [2.24, 2.45) is 17.3 Å². The minimum atomic E-state index is -2.16. The Kier molecular flexibility index (Phi) is 13.5. The molecule has 43 heavy (non-hydrogen) atoms. The summed E-state index contributed by atoms with van der Waals surface area (Å²) in [5, 5.41) is 2.92. The third-order valence-corrected chi connectivity index (χ3v) is 10.7. The number of rotatable bonds is 7. The van der Waals surface area contributed by atoms with Crippen molar-refractivity contribution in [2.45, 2.75) is 131 Å². The van der Waals surface area contributed by atoms with Crippen LogP contribution < -0.4 is 0 Å². The lowest BCUT2D eigenvalue weighted by molar-refractivity contribution is -0.153. The Bertz CT molecular complexity index is 1180. The Hall–Kier alpha value is -1.73. The van der Waals surface area contributed by atoms with Crippen molar-refractivity contribution in [3.05, 3.63) is 33.3 Å². The van der Waals surface area contributed by atoms with E-state index in [1.807, 2.05) is 52.2 Å². The number of carbonyl (C=O) groups excluding carboxylic acids is 3. The maximum atomic E-state index is 14.3. The molecule has 0 saturated heterocycles. The molecule has 1 aliphatic heterocycles. The van der Waals surface area contributed by atoms with Crippen molar-refractivity contribution < 1.29 is 28.0 Å². The third kappa shape index (κ3) is 11.9. The van der Waals surface area contributed by atoms with E-state index >= 15 is 0 Å². The highest BCUT2D eigenvalue weighted by molar-refractivity contribution is 7.09. The van der Waals surface area contributed by atoms with E-state index in [2.05, 4.69) is 51.2 Å². The second-order valence-electron chi connectivity index (χ2n) is 14.7. The molecular formula is C33H55NO6SSi2. The van der Waals surface area contributed by atoms with E-state index in [4.69, 9.17) is 13.6 Å². The molecule has 0 amide bonds. The summed E-state index contributed by atoms with van der Waals surface area (Å²) >= 11 is 1.56. The first-order valence-corrected chi connectivity index (χ1v) is 23.3. The quantitative estimate of drug-likeness (QED) is 0.167. The molecule has 0 saturated carbocycles. The van der Waals surface area contributed by atoms with Crippen molar-refractivity contribution >= 4 is 52.1 Å². The summed E-state index contributed by atoms with van der Waals surface area (Å²) in [6.07, 6.45) is 5.80. The topological polar surface area (TPSA) is 91.8 Å². The number of hydrogen-bond acceptors (Lipinski definition) is 8. The summed E-state index contributed by atoms with van der Waals surface area (Å²) in [6.45, 7) is 24.4. The van der Waals surface area contributed by atoms with Crippen LogP contribution in [0.1, 0.15) is 77.4 Å². The highest BCUT2D eigenvalue weighted by Gasteiger charge is 2.46. The summed E-state index contributed by atoms with van der Waals surface area (Å²) in [6, 6.07) is 0. The van der Waals surface area contributed by atoms with Gasteiger partial charge >= 0.3 is 5.97 Å². The summed E-state index contributed by atoms with van der Waals surface area (Å²) in [7, 11) is -4.15. The monoisotopic (exact) mass is 649 g/mol. The van der Waals surface area contributed by atoms with Gasteiger partial charge in [0.2, 0.25) is 0 Å². The van der Waals surface area contributed by atoms with E-state index in [9.17, 15) is 14.4 Å². The van der Waals surface area contributed by atoms with Crippen LogP contribution in [0.15, 0.2) is 22.6 Å². The number of esters is 1. The molecule has 242 valence electrons. The van der Waals surface area contributed by atoms with Crippen molar-refractivity contribution in [1.29, 1.82) is 0 Å². The van der Waals surface area contributed by atoms with Gasteiger partial charge in [-0.05, 0) is 95.5 Å². The fourth-order valence-corrected chi connectivity index (χ4v) is 8.66. The number of allylic oxidation sites excluding steroid dienone is 1. The average molecular weight is 650 g/mol. The van der Waals surface area contributed by atoms with Gasteiger partial charge in [-0.25, -0.2) is 4.98 Å². The first-order chi connectivity index (χ1) is 19.7. The lowest BCUT2D eigenvalue weighted by Gasteiger charge is -2.41. The molecule has 2 unspecified atom stereocenters. The van der Waals surface area contributed by atoms with Gasteiger partial charge < -0.3 is 13.6 Å². The molecule has 7 nitrogen and oxygen atoms in total. The van der Waals surface area contributed by atoms with E-state index in [0.717, 1.165) is 35.4 Å². The standard InChI is InChI=1S/C33H55NO6SSi2/c1-22-14-13-15-26(20-35)16-17-28(23(2)18-27-21-41-25(4)34-27)38-30(36)19-29(39-42(7,8)9)33(5,6)32(37)24(3)31(22)40-43(10,11)12/h16,18,20-22,24,28-29,31H,13-15,17,19H2,1-12H3/b23-18+,26-16+/t22-,24+,28-,29?,31?/m0/s1. The van der Waals surface area contributed by atoms with Gasteiger partial charge in [0.05, 0.1) is 29.3 Å². The SMILES string of the molecule is C/C(=C\c1csc(C)n1)[C@@H]1C/C=C(/C=O)CCC[C@H](C)C(O[Si](C)(C)C)[C@@H](C)C(=O)C(C)(C)C(O[Si](C)(C)C)CC(=O)O1. The van der Waals surface area contributed by atoms with E-state index in [0.29, 0.717) is 18.4 Å². The van der Waals surface area contributed by atoms with E-state index in [1.54, 1.807) is 11.3 Å². The number of cyclic esters (lactones) is 1. The number of ether oxygens (including phenoxy) is 1. The molecule has 0 bridgehead atoms. The molecule has 5 atom stereocenters. The van der Waals surface area contributed by atoms with Crippen LogP contribution >= 0.6 is 11.3 Å². The number of aromatic nitrogens is 1. The normalized spacial score (nSPS) is 28.6. The molecule has 1 aromatic heterocycles. The van der Waals surface area contributed by atoms with Gasteiger partial charge in [-0.3, -0.25) is 14.4 Å². The number of ketones is 1. The molecule has 2 heterocycles. The molecule has 0 fully saturated rings. The molecule has 0 radical (unpaired) electrons. The first kappa shape index (κ1) is 37.5. The second-order valence-corrected chi connectivity index (χ2v) is 24.6. The number of aryl methyl sites for hydroxylation is 1. The largest absolute Gasteiger partial charge is 0.457 e. The minimum absolute atomic E-state index is 0.0331. The fourth-order valence-electron chi connectivity index (χ4n) is 5.60. The molecule has 10 heteroatoms. The van der Waals surface area contributed by atoms with E-state index in [-0.39, 0.29) is 24.2 Å². The van der Waals surface area contributed by atoms with Crippen LogP contribution in [-0.4, -0.2) is 58.0 Å². The maximum absolute atomic E-state index is 14.3. The zero-order valence-corrected chi connectivity index (χ0v) is 31.4. The predicted molar refractivity (Wildman–Crippen MR) is 181 cm³/mol. The highest BCUT2D eigenvalue weighted by atomic mass is 32.1. The van der Waals surface area contributed by atoms with Crippen molar-refractivity contribution in [3.63, 3.8) is 0 Å². The van der Waals surface area contributed by atoms with Crippen LogP contribution in [0.5, 0.6) is 0 Å². The van der Waals surface area contributed by atoms with Crippen LogP contribution in [0.25, 0.3) is 6.08 Å². The van der Waals surface area contributed by atoms with Gasteiger partial charge in [0.25, 0.3) is 0 Å². The number of hydrogen-bond donors (Lipinski definition) is 0. The van der Waals surface area contributed by atoms with Crippen LogP contribution in [0.3, 0.4) is 0 Å². The maximum Gasteiger partial charge on any atom is 0.309 e. The van der Waals surface area contributed by atoms with Gasteiger partial charge in [-0.2, -0.15) is 0 Å². The van der Waals surface area contributed by atoms with Crippen LogP contribution in [0.2, 0.25) is 39.3 Å². The molecule has 0 N–H and O–H groups in total. The number of Topliss-reactive ketones (excluding diaryl/α,β-unsaturated/α-hetero) is 1. The van der Waals surface area contributed by atoms with E-state index < -0.39 is 46.1 Å². The summed E-state index contributed by atoms with van der Waals surface area (Å²) in [5.74, 6) is -0.678. The van der Waals surface area contributed by atoms with Crippen molar-refractivity contribution in [3.8, 4) is 0 Å². The molecule has 0 spiro atoms. The minimum Gasteiger partial charge on any atom is -0.457 e. The Labute approximate surface area is 266 Å². The molecule has 0 aliphatic carbocycles. The number of nitrogens with zero attached hydrogens (tertiary/aromatic N) is 1.